The first-order chi connectivity index (χ1) is 8.69. The third kappa shape index (κ3) is 4.72. The zero-order valence-corrected chi connectivity index (χ0v) is 12.0. The van der Waals surface area contributed by atoms with Crippen molar-refractivity contribution < 1.29 is 14.3 Å². The highest BCUT2D eigenvalue weighted by molar-refractivity contribution is 7.17. The van der Waals surface area contributed by atoms with E-state index in [-0.39, 0.29) is 5.78 Å². The number of rotatable bonds is 9. The van der Waals surface area contributed by atoms with Crippen LogP contribution in [0.4, 0.5) is 5.13 Å². The molecule has 6 heteroatoms. The molecule has 0 atom stereocenters. The second-order valence-corrected chi connectivity index (χ2v) is 4.90. The fraction of sp³-hybridized carbons (Fsp3) is 0.667. The molecule has 18 heavy (non-hydrogen) atoms. The summed E-state index contributed by atoms with van der Waals surface area (Å²) in [5.74, 6) is 0.0577. The van der Waals surface area contributed by atoms with Gasteiger partial charge in [-0.2, -0.15) is 0 Å². The van der Waals surface area contributed by atoms with Crippen LogP contribution in [0.2, 0.25) is 0 Å². The van der Waals surface area contributed by atoms with E-state index in [1.165, 1.54) is 11.3 Å². The molecule has 0 unspecified atom stereocenters. The minimum absolute atomic E-state index is 0.0577. The molecule has 0 aliphatic heterocycles. The van der Waals surface area contributed by atoms with E-state index in [1.807, 2.05) is 0 Å². The van der Waals surface area contributed by atoms with Crippen LogP contribution in [0.5, 0.6) is 0 Å². The number of ether oxygens (including phenoxy) is 2. The molecular formula is C12H20N2O3S. The first-order valence-corrected chi connectivity index (χ1v) is 6.70. The molecule has 0 spiro atoms. The third-order valence-electron chi connectivity index (χ3n) is 2.45. The van der Waals surface area contributed by atoms with Crippen LogP contribution in [0.15, 0.2) is 6.20 Å². The number of hydrogen-bond donors (Lipinski definition) is 0. The predicted molar refractivity (Wildman–Crippen MR) is 72.7 cm³/mol. The summed E-state index contributed by atoms with van der Waals surface area (Å²) in [6.45, 7) is 4.53. The smallest absolute Gasteiger partial charge is 0.186 e. The summed E-state index contributed by atoms with van der Waals surface area (Å²) in [6, 6.07) is 0. The molecule has 0 aliphatic carbocycles. The molecule has 1 heterocycles. The Balaban J connectivity index is 2.63. The van der Waals surface area contributed by atoms with E-state index in [2.05, 4.69) is 9.88 Å². The molecule has 0 bridgehead atoms. The topological polar surface area (TPSA) is 51.7 Å². The largest absolute Gasteiger partial charge is 0.385 e. The van der Waals surface area contributed by atoms with Gasteiger partial charge in [-0.25, -0.2) is 4.98 Å². The summed E-state index contributed by atoms with van der Waals surface area (Å²) in [6.07, 6.45) is 2.56. The average molecular weight is 272 g/mol. The number of carbonyl (C=O) groups excluding carboxylic acids is 1. The van der Waals surface area contributed by atoms with Crippen molar-refractivity contribution in [2.24, 2.45) is 0 Å². The van der Waals surface area contributed by atoms with Gasteiger partial charge in [-0.05, 0) is 6.42 Å². The minimum atomic E-state index is 0.0577. The number of ketones is 1. The van der Waals surface area contributed by atoms with Crippen molar-refractivity contribution in [3.63, 3.8) is 0 Å². The Labute approximate surface area is 112 Å². The lowest BCUT2D eigenvalue weighted by molar-refractivity contribution is 0.102. The molecule has 102 valence electrons. The third-order valence-corrected chi connectivity index (χ3v) is 3.61. The standard InChI is InChI=1S/C12H20N2O3S/c1-10(15)11-9-13-12(18-11)14(6-8-17-3)5-4-7-16-2/h9H,4-8H2,1-3H3. The molecule has 1 rings (SSSR count). The van der Waals surface area contributed by atoms with E-state index in [0.717, 1.165) is 24.6 Å². The number of nitrogens with zero attached hydrogens (tertiary/aromatic N) is 2. The summed E-state index contributed by atoms with van der Waals surface area (Å²) >= 11 is 1.43. The Morgan fingerprint density at radius 3 is 2.61 bits per heavy atom. The van der Waals surface area contributed by atoms with Gasteiger partial charge in [0, 0.05) is 40.8 Å². The number of Topliss-reactive ketones (excluding diaryl/α,β-unsaturated/α-hetero) is 1. The van der Waals surface area contributed by atoms with Gasteiger partial charge in [0.05, 0.1) is 17.7 Å². The number of carbonyl (C=O) groups is 1. The second kappa shape index (κ2) is 8.18. The molecule has 0 saturated carbocycles. The fourth-order valence-corrected chi connectivity index (χ4v) is 2.34. The Bertz CT molecular complexity index is 368. The van der Waals surface area contributed by atoms with E-state index < -0.39 is 0 Å². The normalized spacial score (nSPS) is 10.6. The maximum Gasteiger partial charge on any atom is 0.186 e. The van der Waals surface area contributed by atoms with Crippen molar-refractivity contribution >= 4 is 22.3 Å². The molecule has 5 nitrogen and oxygen atoms in total. The molecule has 0 fully saturated rings. The average Bonchev–Trinajstić information content (AvgIpc) is 2.83. The maximum atomic E-state index is 11.3. The molecule has 0 aromatic carbocycles. The van der Waals surface area contributed by atoms with Crippen LogP contribution in [-0.4, -0.2) is 51.3 Å². The lowest BCUT2D eigenvalue weighted by Crippen LogP contribution is -2.28. The van der Waals surface area contributed by atoms with Gasteiger partial charge in [0.15, 0.2) is 10.9 Å². The van der Waals surface area contributed by atoms with E-state index in [1.54, 1.807) is 27.3 Å². The molecule has 0 radical (unpaired) electrons. The van der Waals surface area contributed by atoms with Gasteiger partial charge in [-0.3, -0.25) is 4.79 Å². The van der Waals surface area contributed by atoms with E-state index in [4.69, 9.17) is 9.47 Å². The van der Waals surface area contributed by atoms with Crippen LogP contribution in [0.1, 0.15) is 23.0 Å². The molecule has 0 amide bonds. The van der Waals surface area contributed by atoms with Crippen molar-refractivity contribution in [1.82, 2.24) is 4.98 Å². The summed E-state index contributed by atoms with van der Waals surface area (Å²) in [7, 11) is 3.37. The van der Waals surface area contributed by atoms with E-state index in [9.17, 15) is 4.79 Å². The monoisotopic (exact) mass is 272 g/mol. The van der Waals surface area contributed by atoms with E-state index in [0.29, 0.717) is 18.1 Å². The van der Waals surface area contributed by atoms with E-state index >= 15 is 0 Å². The van der Waals surface area contributed by atoms with Gasteiger partial charge >= 0.3 is 0 Å². The highest BCUT2D eigenvalue weighted by Gasteiger charge is 2.12. The van der Waals surface area contributed by atoms with Crippen LogP contribution in [0, 0.1) is 0 Å². The number of methoxy groups -OCH3 is 2. The molecule has 1 aromatic rings. The minimum Gasteiger partial charge on any atom is -0.385 e. The Hall–Kier alpha value is -0.980. The number of anilines is 1. The Morgan fingerprint density at radius 2 is 2.06 bits per heavy atom. The van der Waals surface area contributed by atoms with Crippen LogP contribution in [-0.2, 0) is 9.47 Å². The molecular weight excluding hydrogens is 252 g/mol. The first-order valence-electron chi connectivity index (χ1n) is 5.88. The summed E-state index contributed by atoms with van der Waals surface area (Å²) in [4.78, 5) is 18.4. The number of aromatic nitrogens is 1. The van der Waals surface area contributed by atoms with Crippen LogP contribution in [0.25, 0.3) is 0 Å². The summed E-state index contributed by atoms with van der Waals surface area (Å²) in [5, 5.41) is 0.869. The Morgan fingerprint density at radius 1 is 1.33 bits per heavy atom. The molecule has 0 N–H and O–H groups in total. The van der Waals surface area contributed by atoms with Gasteiger partial charge in [-0.15, -0.1) is 0 Å². The van der Waals surface area contributed by atoms with Crippen molar-refractivity contribution in [2.45, 2.75) is 13.3 Å². The molecule has 1 aromatic heterocycles. The van der Waals surface area contributed by atoms with Crippen molar-refractivity contribution in [2.75, 3.05) is 45.4 Å². The first kappa shape index (κ1) is 15.1. The quantitative estimate of drug-likeness (QED) is 0.507. The fourth-order valence-electron chi connectivity index (χ4n) is 1.48. The number of hydrogen-bond acceptors (Lipinski definition) is 6. The second-order valence-electron chi connectivity index (χ2n) is 3.89. The van der Waals surface area contributed by atoms with Gasteiger partial charge in [0.2, 0.25) is 0 Å². The lowest BCUT2D eigenvalue weighted by Gasteiger charge is -2.21. The molecule has 0 aliphatic rings. The predicted octanol–water partition coefficient (Wildman–Crippen LogP) is 1.83. The highest BCUT2D eigenvalue weighted by atomic mass is 32.1. The van der Waals surface area contributed by atoms with Gasteiger partial charge in [0.25, 0.3) is 0 Å². The van der Waals surface area contributed by atoms with Crippen molar-refractivity contribution in [1.29, 1.82) is 0 Å². The van der Waals surface area contributed by atoms with Gasteiger partial charge in [0.1, 0.15) is 0 Å². The van der Waals surface area contributed by atoms with Crippen LogP contribution >= 0.6 is 11.3 Å². The summed E-state index contributed by atoms with van der Waals surface area (Å²) < 4.78 is 10.1. The van der Waals surface area contributed by atoms with Crippen LogP contribution in [0.3, 0.4) is 0 Å². The number of thiazole rings is 1. The lowest BCUT2D eigenvalue weighted by atomic mass is 10.4. The SMILES string of the molecule is COCCCN(CCOC)c1ncc(C(C)=O)s1. The highest BCUT2D eigenvalue weighted by Crippen LogP contribution is 2.22. The molecule has 0 saturated heterocycles. The van der Waals surface area contributed by atoms with Gasteiger partial charge < -0.3 is 14.4 Å². The zero-order chi connectivity index (χ0) is 13.4. The zero-order valence-electron chi connectivity index (χ0n) is 11.1. The van der Waals surface area contributed by atoms with Gasteiger partial charge in [-0.1, -0.05) is 11.3 Å². The summed E-state index contributed by atoms with van der Waals surface area (Å²) in [5.41, 5.74) is 0. The Kier molecular flexibility index (Phi) is 6.85. The van der Waals surface area contributed by atoms with Crippen molar-refractivity contribution in [3.8, 4) is 0 Å². The van der Waals surface area contributed by atoms with Crippen LogP contribution < -0.4 is 4.90 Å². The van der Waals surface area contributed by atoms with Crippen molar-refractivity contribution in [3.05, 3.63) is 11.1 Å². The maximum absolute atomic E-state index is 11.3.